The maximum atomic E-state index is 12.3. The molecule has 0 spiro atoms. The van der Waals surface area contributed by atoms with Crippen LogP contribution in [-0.4, -0.2) is 63.2 Å². The van der Waals surface area contributed by atoms with Crippen molar-refractivity contribution >= 4 is 39.6 Å². The summed E-state index contributed by atoms with van der Waals surface area (Å²) in [5.74, 6) is 0.920. The number of anilines is 3. The molecule has 2 N–H and O–H groups in total. The summed E-state index contributed by atoms with van der Waals surface area (Å²) >= 11 is 0. The summed E-state index contributed by atoms with van der Waals surface area (Å²) in [6.07, 6.45) is 6.89. The van der Waals surface area contributed by atoms with Gasteiger partial charge in [0.1, 0.15) is 11.6 Å². The van der Waals surface area contributed by atoms with Crippen LogP contribution in [0.1, 0.15) is 23.9 Å². The Morgan fingerprint density at radius 3 is 2.97 bits per heavy atom. The first-order valence-electron chi connectivity index (χ1n) is 12.8. The lowest BCUT2D eigenvalue weighted by atomic mass is 10.1. The molecule has 5 heterocycles. The second-order valence-electron chi connectivity index (χ2n) is 8.78. The Balaban J connectivity index is 1.41. The molecule has 2 aliphatic rings. The van der Waals surface area contributed by atoms with Gasteiger partial charge in [0.15, 0.2) is 11.5 Å². The van der Waals surface area contributed by atoms with Crippen LogP contribution in [0.15, 0.2) is 36.8 Å². The zero-order chi connectivity index (χ0) is 25.7. The van der Waals surface area contributed by atoms with E-state index in [1.165, 1.54) is 6.20 Å². The monoisotopic (exact) mass is 461 g/mol. The van der Waals surface area contributed by atoms with Crippen LogP contribution in [0.4, 0.5) is 17.3 Å². The van der Waals surface area contributed by atoms with E-state index >= 15 is 0 Å². The van der Waals surface area contributed by atoms with Crippen LogP contribution in [0.5, 0.6) is 0 Å². The second-order valence-corrected chi connectivity index (χ2v) is 8.78. The molecule has 1 atom stereocenters. The number of fused-ring (bicyclic) bond motifs is 2. The first-order valence-corrected chi connectivity index (χ1v) is 11.3. The molecule has 2 fully saturated rings. The van der Waals surface area contributed by atoms with Gasteiger partial charge in [-0.25, -0.2) is 19.5 Å². The van der Waals surface area contributed by atoms with Crippen LogP contribution < -0.4 is 15.5 Å². The van der Waals surface area contributed by atoms with Gasteiger partial charge in [0.2, 0.25) is 5.91 Å². The quantitative estimate of drug-likeness (QED) is 0.467. The molecule has 1 saturated carbocycles. The highest BCUT2D eigenvalue weighted by Crippen LogP contribution is 2.33. The minimum absolute atomic E-state index is 0.0194. The van der Waals surface area contributed by atoms with Crippen molar-refractivity contribution in [2.24, 2.45) is 5.92 Å². The molecule has 0 radical (unpaired) electrons. The molecule has 1 saturated heterocycles. The molecule has 0 unspecified atom stereocenters. The summed E-state index contributed by atoms with van der Waals surface area (Å²) in [6, 6.07) is 5.64. The Bertz CT molecular complexity index is 1500. The van der Waals surface area contributed by atoms with Gasteiger partial charge in [-0.1, -0.05) is 0 Å². The molecular weight excluding hydrogens is 432 g/mol. The molecule has 6 rings (SSSR count). The third-order valence-electron chi connectivity index (χ3n) is 6.25. The number of carbonyl (C=O) groups is 1. The van der Waals surface area contributed by atoms with Crippen molar-refractivity contribution < 1.29 is 13.6 Å². The summed E-state index contributed by atoms with van der Waals surface area (Å²) < 4.78 is 30.2. The normalized spacial score (nSPS) is 20.1. The highest BCUT2D eigenvalue weighted by molar-refractivity contribution is 6.03. The van der Waals surface area contributed by atoms with Gasteiger partial charge in [-0.15, -0.1) is 5.10 Å². The van der Waals surface area contributed by atoms with E-state index in [0.29, 0.717) is 40.2 Å². The van der Waals surface area contributed by atoms with E-state index in [0.717, 1.165) is 31.6 Å². The van der Waals surface area contributed by atoms with Crippen molar-refractivity contribution in [3.8, 4) is 11.4 Å². The summed E-state index contributed by atoms with van der Waals surface area (Å²) in [6.45, 7) is 1.88. The zero-order valence-electron chi connectivity index (χ0n) is 21.7. The van der Waals surface area contributed by atoms with E-state index in [1.807, 2.05) is 18.3 Å². The fourth-order valence-electron chi connectivity index (χ4n) is 4.28. The minimum Gasteiger partial charge on any atom is -0.375 e. The van der Waals surface area contributed by atoms with Crippen LogP contribution >= 0.6 is 0 Å². The third kappa shape index (κ3) is 3.79. The lowest BCUT2D eigenvalue weighted by Crippen LogP contribution is -2.41. The van der Waals surface area contributed by atoms with Crippen molar-refractivity contribution in [3.05, 3.63) is 36.8 Å². The Morgan fingerprint density at radius 1 is 1.24 bits per heavy atom. The van der Waals surface area contributed by atoms with E-state index in [2.05, 4.69) is 32.4 Å². The number of nitrogens with zero attached hydrogens (tertiary/aromatic N) is 6. The summed E-state index contributed by atoms with van der Waals surface area (Å²) in [5.41, 5.74) is 2.28. The number of hydrogen-bond acceptors (Lipinski definition) is 8. The van der Waals surface area contributed by atoms with Gasteiger partial charge in [0, 0.05) is 58.8 Å². The number of nitrogens with one attached hydrogen (secondary N) is 2. The van der Waals surface area contributed by atoms with Crippen molar-refractivity contribution in [1.82, 2.24) is 24.6 Å². The molecule has 1 aliphatic carbocycles. The van der Waals surface area contributed by atoms with Gasteiger partial charge < -0.3 is 20.3 Å². The van der Waals surface area contributed by atoms with Gasteiger partial charge >= 0.3 is 0 Å². The minimum atomic E-state index is -2.44. The molecule has 10 nitrogen and oxygen atoms in total. The van der Waals surface area contributed by atoms with Crippen molar-refractivity contribution in [1.29, 1.82) is 0 Å². The largest absolute Gasteiger partial charge is 0.375 e. The molecule has 34 heavy (non-hydrogen) atoms. The van der Waals surface area contributed by atoms with Crippen LogP contribution in [0.3, 0.4) is 0 Å². The topological polar surface area (TPSA) is 110 Å². The number of pyridine rings is 3. The first kappa shape index (κ1) is 17.7. The number of ether oxygens (including phenoxy) is 1. The molecular formula is C24H26N8O2. The van der Waals surface area contributed by atoms with Crippen LogP contribution in [0.2, 0.25) is 0 Å². The Morgan fingerprint density at radius 2 is 2.15 bits per heavy atom. The first-order chi connectivity index (χ1) is 17.7. The summed E-state index contributed by atoms with van der Waals surface area (Å²) in [4.78, 5) is 28.0. The van der Waals surface area contributed by atoms with Gasteiger partial charge in [-0.3, -0.25) is 4.79 Å². The van der Waals surface area contributed by atoms with Crippen molar-refractivity contribution in [2.45, 2.75) is 25.9 Å². The standard InChI is InChI=1S/C24H26N8O2/c1-14-12-31(7-8-34-14)16-5-6-21-29-23(30-32(21)13-16)19-11-27-22(25-2)18-10-26-20(9-17(18)19)28-24(33)15-3-4-15/h5-6,9-11,13-15H,3-4,7-8,12H2,1-2H3,(H,25,27)(H,26,28,33)/t14-/m1/s1/i2D3. The number of rotatable bonds is 5. The smallest absolute Gasteiger partial charge is 0.228 e. The third-order valence-corrected chi connectivity index (χ3v) is 6.25. The fraction of sp³-hybridized carbons (Fsp3) is 0.375. The second kappa shape index (κ2) is 8.21. The van der Waals surface area contributed by atoms with Crippen LogP contribution in [0, 0.1) is 5.92 Å². The predicted molar refractivity (Wildman–Crippen MR) is 130 cm³/mol. The Kier molecular flexibility index (Phi) is 4.26. The van der Waals surface area contributed by atoms with E-state index < -0.39 is 6.98 Å². The number of amides is 1. The lowest BCUT2D eigenvalue weighted by molar-refractivity contribution is -0.117. The molecule has 10 heteroatoms. The van der Waals surface area contributed by atoms with Gasteiger partial charge in [0.05, 0.1) is 24.6 Å². The molecule has 174 valence electrons. The SMILES string of the molecule is [2H]C([2H])([2H])Nc1ncc(-c2nc3ccc(N4CCO[C@H](C)C4)cn3n2)c2cc(NC(=O)C3CC3)ncc12. The molecule has 4 aromatic rings. The Hall–Kier alpha value is -3.79. The highest BCUT2D eigenvalue weighted by Gasteiger charge is 2.30. The maximum Gasteiger partial charge on any atom is 0.228 e. The zero-order valence-corrected chi connectivity index (χ0v) is 18.7. The molecule has 0 bridgehead atoms. The van der Waals surface area contributed by atoms with Crippen molar-refractivity contribution in [2.75, 3.05) is 42.2 Å². The van der Waals surface area contributed by atoms with E-state index in [-0.39, 0.29) is 23.7 Å². The molecule has 1 amide bonds. The molecule has 0 aromatic carbocycles. The van der Waals surface area contributed by atoms with E-state index in [4.69, 9.17) is 18.9 Å². The molecule has 4 aromatic heterocycles. The summed E-state index contributed by atoms with van der Waals surface area (Å²) in [5, 5.41) is 11.1. The van der Waals surface area contributed by atoms with Gasteiger partial charge in [-0.2, -0.15) is 0 Å². The van der Waals surface area contributed by atoms with Crippen LogP contribution in [-0.2, 0) is 9.53 Å². The number of morpholine rings is 1. The fourth-order valence-corrected chi connectivity index (χ4v) is 4.28. The number of carbonyl (C=O) groups excluding carboxylic acids is 1. The van der Waals surface area contributed by atoms with E-state index in [1.54, 1.807) is 16.8 Å². The highest BCUT2D eigenvalue weighted by atomic mass is 16.5. The number of aromatic nitrogens is 5. The molecule has 1 aliphatic heterocycles. The maximum absolute atomic E-state index is 12.3. The lowest BCUT2D eigenvalue weighted by Gasteiger charge is -2.32. The summed E-state index contributed by atoms with van der Waals surface area (Å²) in [7, 11) is 0. The average molecular weight is 462 g/mol. The van der Waals surface area contributed by atoms with E-state index in [9.17, 15) is 4.79 Å². The Labute approximate surface area is 200 Å². The predicted octanol–water partition coefficient (Wildman–Crippen LogP) is 2.95. The van der Waals surface area contributed by atoms with Crippen LogP contribution in [0.25, 0.3) is 27.8 Å². The number of hydrogen-bond donors (Lipinski definition) is 2. The van der Waals surface area contributed by atoms with Gasteiger partial charge in [0.25, 0.3) is 0 Å². The average Bonchev–Trinajstić information content (AvgIpc) is 3.62. The van der Waals surface area contributed by atoms with Crippen molar-refractivity contribution in [3.63, 3.8) is 0 Å². The van der Waals surface area contributed by atoms with Gasteiger partial charge in [-0.05, 0) is 38.0 Å².